The SMILES string of the molecule is COC(=O)N[C@H](C(=O)N[C@@H](Cc1ccc(C#Cc2cnc(N3C[C@@H](C)N(C4COC4)C[C@H]3C)nc2)cc1)[C@@H](O)CN(Cc1ccc(C(N)=CC=NC2CC2)cc1)NC(=O)[C@@H](NC(=O)OC)C(C)(C)C(F)(F)F)C(C)(C)C(F)(F)F. The van der Waals surface area contributed by atoms with Gasteiger partial charge < -0.3 is 45.9 Å². The number of nitrogens with zero attached hydrogens (tertiary/aromatic N) is 6. The summed E-state index contributed by atoms with van der Waals surface area (Å²) in [5.41, 5.74) is 5.60. The van der Waals surface area contributed by atoms with Gasteiger partial charge >= 0.3 is 24.5 Å². The minimum atomic E-state index is -5.08. The van der Waals surface area contributed by atoms with Crippen LogP contribution in [0.15, 0.2) is 72.0 Å². The third-order valence-corrected chi connectivity index (χ3v) is 14.3. The topological polar surface area (TPSA) is 238 Å². The highest BCUT2D eigenvalue weighted by molar-refractivity contribution is 5.87. The number of nitrogens with one attached hydrogen (secondary N) is 4. The molecule has 1 saturated carbocycles. The lowest BCUT2D eigenvalue weighted by molar-refractivity contribution is -0.221. The summed E-state index contributed by atoms with van der Waals surface area (Å²) in [6.45, 7) is 9.01. The molecular weight excluding hydrogens is 1040 g/mol. The molecule has 0 bridgehead atoms. The van der Waals surface area contributed by atoms with Gasteiger partial charge in [0.25, 0.3) is 5.91 Å². The molecule has 3 aliphatic rings. The number of halogens is 6. The minimum absolute atomic E-state index is 0.161. The summed E-state index contributed by atoms with van der Waals surface area (Å²) >= 11 is 0. The molecule has 1 aromatic heterocycles. The van der Waals surface area contributed by atoms with Gasteiger partial charge in [-0.1, -0.05) is 48.2 Å². The summed E-state index contributed by atoms with van der Waals surface area (Å²) in [4.78, 5) is 71.2. The third kappa shape index (κ3) is 16.1. The number of methoxy groups -OCH3 is 2. The molecule has 2 aliphatic heterocycles. The highest BCUT2D eigenvalue weighted by atomic mass is 19.4. The quantitative estimate of drug-likeness (QED) is 0.0367. The predicted octanol–water partition coefficient (Wildman–Crippen LogP) is 5.25. The van der Waals surface area contributed by atoms with Crippen molar-refractivity contribution in [3.63, 3.8) is 0 Å². The molecule has 0 radical (unpaired) electrons. The summed E-state index contributed by atoms with van der Waals surface area (Å²) < 4.78 is 102. The number of piperazine rings is 1. The molecule has 0 unspecified atom stereocenters. The number of aliphatic hydroxyl groups excluding tert-OH is 1. The first kappa shape index (κ1) is 61.2. The molecule has 7 N–H and O–H groups in total. The van der Waals surface area contributed by atoms with Crippen molar-refractivity contribution >= 4 is 41.9 Å². The van der Waals surface area contributed by atoms with Gasteiger partial charge in [-0.15, -0.1) is 0 Å². The normalized spacial score (nSPS) is 19.3. The van der Waals surface area contributed by atoms with E-state index in [1.165, 1.54) is 0 Å². The maximum absolute atomic E-state index is 14.6. The average molecular weight is 1110 g/mol. The predicted molar refractivity (Wildman–Crippen MR) is 281 cm³/mol. The van der Waals surface area contributed by atoms with E-state index in [4.69, 9.17) is 10.5 Å². The molecule has 3 fully saturated rings. The Hall–Kier alpha value is -7.01. The smallest absolute Gasteiger partial charge is 0.407 e. The van der Waals surface area contributed by atoms with Crippen LogP contribution in [0.3, 0.4) is 0 Å². The van der Waals surface area contributed by atoms with Gasteiger partial charge in [-0.2, -0.15) is 26.3 Å². The lowest BCUT2D eigenvalue weighted by atomic mass is 9.82. The van der Waals surface area contributed by atoms with Gasteiger partial charge in [0.05, 0.1) is 68.1 Å². The number of alkyl carbamates (subject to hydrolysis) is 2. The van der Waals surface area contributed by atoms with Gasteiger partial charge in [0.2, 0.25) is 11.9 Å². The zero-order valence-corrected chi connectivity index (χ0v) is 45.2. The molecule has 79 heavy (non-hydrogen) atoms. The fraction of sp³-hybridized carbons (Fsp3) is 0.537. The van der Waals surface area contributed by atoms with Crippen LogP contribution in [0, 0.1) is 22.7 Å². The van der Waals surface area contributed by atoms with Crippen molar-refractivity contribution in [3.05, 3.63) is 94.8 Å². The number of aliphatic imine (C=N–C) groups is 1. The first-order valence-corrected chi connectivity index (χ1v) is 25.6. The third-order valence-electron chi connectivity index (χ3n) is 14.3. The summed E-state index contributed by atoms with van der Waals surface area (Å²) in [6, 6.07) is 7.78. The Bertz CT molecular complexity index is 2710. The Labute approximate surface area is 455 Å². The number of aromatic nitrogens is 2. The molecule has 1 aliphatic carbocycles. The number of nitrogens with two attached hydrogens (primary N) is 1. The Morgan fingerprint density at radius 3 is 1.87 bits per heavy atom. The van der Waals surface area contributed by atoms with Gasteiger partial charge in [-0.05, 0) is 95.7 Å². The number of carbonyl (C=O) groups excluding carboxylic acids is 4. The molecule has 25 heteroatoms. The molecule has 19 nitrogen and oxygen atoms in total. The summed E-state index contributed by atoms with van der Waals surface area (Å²) in [7, 11) is 1.78. The molecular formula is C54H69F6N11O8. The number of rotatable bonds is 20. The van der Waals surface area contributed by atoms with E-state index in [1.807, 2.05) is 10.6 Å². The molecule has 4 amide bonds. The van der Waals surface area contributed by atoms with E-state index < -0.39 is 78.0 Å². The molecule has 2 saturated heterocycles. The van der Waals surface area contributed by atoms with Crippen LogP contribution in [-0.2, 0) is 36.8 Å². The van der Waals surface area contributed by atoms with Crippen LogP contribution in [0.2, 0.25) is 0 Å². The number of aliphatic hydroxyl groups is 1. The van der Waals surface area contributed by atoms with Crippen LogP contribution in [0.1, 0.15) is 82.2 Å². The van der Waals surface area contributed by atoms with Crippen molar-refractivity contribution in [1.29, 1.82) is 0 Å². The molecule has 6 rings (SSSR count). The zero-order chi connectivity index (χ0) is 58.0. The number of alkyl halides is 6. The molecule has 6 atom stereocenters. The summed E-state index contributed by atoms with van der Waals surface area (Å²) in [6.07, 6.45) is -6.59. The van der Waals surface area contributed by atoms with Gasteiger partial charge in [-0.25, -0.2) is 24.6 Å². The van der Waals surface area contributed by atoms with Crippen LogP contribution < -0.4 is 32.0 Å². The van der Waals surface area contributed by atoms with E-state index in [0.717, 1.165) is 58.4 Å². The van der Waals surface area contributed by atoms with Gasteiger partial charge in [-0.3, -0.25) is 24.9 Å². The zero-order valence-electron chi connectivity index (χ0n) is 45.2. The molecule has 3 heterocycles. The van der Waals surface area contributed by atoms with Crippen LogP contribution in [0.25, 0.3) is 5.70 Å². The average Bonchev–Trinajstić information content (AvgIpc) is 4.24. The van der Waals surface area contributed by atoms with Crippen molar-refractivity contribution in [2.75, 3.05) is 52.0 Å². The monoisotopic (exact) mass is 1110 g/mol. The summed E-state index contributed by atoms with van der Waals surface area (Å²) in [5, 5.41) is 19.5. The van der Waals surface area contributed by atoms with E-state index in [0.29, 0.717) is 73.2 Å². The minimum Gasteiger partial charge on any atom is -0.453 e. The largest absolute Gasteiger partial charge is 0.453 e. The van der Waals surface area contributed by atoms with Crippen LogP contribution in [0.5, 0.6) is 0 Å². The Morgan fingerprint density at radius 2 is 1.35 bits per heavy atom. The van der Waals surface area contributed by atoms with Crippen molar-refractivity contribution in [3.8, 4) is 11.8 Å². The highest BCUT2D eigenvalue weighted by Gasteiger charge is 2.57. The number of anilines is 1. The van der Waals surface area contributed by atoms with E-state index in [1.54, 1.807) is 73.2 Å². The van der Waals surface area contributed by atoms with Crippen molar-refractivity contribution in [2.45, 2.75) is 128 Å². The van der Waals surface area contributed by atoms with E-state index in [2.05, 4.69) is 70.7 Å². The maximum Gasteiger partial charge on any atom is 0.407 e. The lowest BCUT2D eigenvalue weighted by Crippen LogP contribution is -2.63. The first-order valence-electron chi connectivity index (χ1n) is 25.6. The number of carbonyl (C=O) groups is 4. The fourth-order valence-electron chi connectivity index (χ4n) is 8.70. The van der Waals surface area contributed by atoms with Crippen molar-refractivity contribution in [2.24, 2.45) is 21.6 Å². The number of hydrazine groups is 1. The highest BCUT2D eigenvalue weighted by Crippen LogP contribution is 2.42. The van der Waals surface area contributed by atoms with Crippen molar-refractivity contribution < 1.29 is 64.8 Å². The number of benzene rings is 2. The van der Waals surface area contributed by atoms with Crippen LogP contribution in [0.4, 0.5) is 41.9 Å². The number of ether oxygens (including phenoxy) is 3. The molecule has 3 aromatic rings. The van der Waals surface area contributed by atoms with E-state index in [9.17, 15) is 50.6 Å². The standard InChI is InChI=1S/C54H69F6N11O8/c1-32-27-71(33(2)26-70(32)40-30-79-31-40)48-63-24-37(25-64-48)14-11-34-9-12-35(13-10-34)23-42(65-46(73)44(66-49(75)77-7)51(3,4)53(55,56)57)43(72)29-69(68-47(74)45(67-50(76)78-8)52(5,6)54(58,59)60)28-36-15-17-38(18-16-36)41(61)21-22-62-39-19-20-39/h9-10,12-13,15-18,21-22,24-25,32-33,39-40,42-45,72H,19-20,23,26-31,61H2,1-8H3,(H,65,73)(H,66,75)(H,67,76)(H,68,74)/t32-,33-,42+,43+,44-,45-/m1/s1. The number of hydrogen-bond donors (Lipinski definition) is 6. The second-order valence-electron chi connectivity index (χ2n) is 21.1. The molecule has 2 aromatic carbocycles. The van der Waals surface area contributed by atoms with Gasteiger partial charge in [0, 0.05) is 68.1 Å². The second-order valence-corrected chi connectivity index (χ2v) is 21.1. The van der Waals surface area contributed by atoms with Gasteiger partial charge in [0.1, 0.15) is 12.1 Å². The van der Waals surface area contributed by atoms with Crippen LogP contribution >= 0.6 is 0 Å². The van der Waals surface area contributed by atoms with Gasteiger partial charge in [0.15, 0.2) is 0 Å². The Morgan fingerprint density at radius 1 is 0.810 bits per heavy atom. The summed E-state index contributed by atoms with van der Waals surface area (Å²) in [5.74, 6) is 3.86. The lowest BCUT2D eigenvalue weighted by Gasteiger charge is -2.49. The number of amides is 4. The first-order chi connectivity index (χ1) is 37.1. The fourth-order valence-corrected chi connectivity index (χ4v) is 8.70. The molecule has 0 spiro atoms. The number of hydrogen-bond acceptors (Lipinski definition) is 15. The molecule has 430 valence electrons. The van der Waals surface area contributed by atoms with E-state index in [-0.39, 0.29) is 31.1 Å². The van der Waals surface area contributed by atoms with Crippen molar-refractivity contribution in [1.82, 2.24) is 41.3 Å². The number of allylic oxidation sites excluding steroid dienone is 1. The van der Waals surface area contributed by atoms with E-state index >= 15 is 0 Å². The van der Waals surface area contributed by atoms with Crippen LogP contribution in [-0.4, -0.2) is 163 Å². The second kappa shape index (κ2) is 25.8. The maximum atomic E-state index is 14.6. The Kier molecular flexibility index (Phi) is 20.0. The Balaban J connectivity index is 1.28.